The number of rotatable bonds is 4. The fraction of sp³-hybridized carbons (Fsp3) is 0.538. The van der Waals surface area contributed by atoms with Gasteiger partial charge in [0.25, 0.3) is 5.91 Å². The Balaban J connectivity index is 2.16. The van der Waals surface area contributed by atoms with Gasteiger partial charge in [-0.1, -0.05) is 17.4 Å². The smallest absolute Gasteiger partial charge is 0.267 e. The second-order valence-electron chi connectivity index (χ2n) is 5.03. The number of carbonyl (C=O) groups is 1. The molecule has 110 valence electrons. The highest BCUT2D eigenvalue weighted by Crippen LogP contribution is 2.30. The molecule has 1 aromatic heterocycles. The molecule has 7 heteroatoms. The third-order valence-electron chi connectivity index (χ3n) is 3.31. The molecule has 2 rings (SSSR count). The van der Waals surface area contributed by atoms with Crippen LogP contribution < -0.4 is 16.4 Å². The number of nitrogens with two attached hydrogens (primary N) is 2. The van der Waals surface area contributed by atoms with Gasteiger partial charge in [-0.15, -0.1) is 6.58 Å². The maximum absolute atomic E-state index is 12.2. The lowest BCUT2D eigenvalue weighted by Crippen LogP contribution is -2.42. The molecule has 1 unspecified atom stereocenters. The number of hydrogen-bond donors (Lipinski definition) is 2. The summed E-state index contributed by atoms with van der Waals surface area (Å²) in [6.45, 7) is 5.79. The first kappa shape index (κ1) is 14.8. The predicted molar refractivity (Wildman–Crippen MR) is 83.1 cm³/mol. The summed E-state index contributed by atoms with van der Waals surface area (Å²) in [6.07, 6.45) is 3.76. The lowest BCUT2D eigenvalue weighted by Gasteiger charge is -2.30. The number of thiazole rings is 1. The van der Waals surface area contributed by atoms with Gasteiger partial charge in [0.1, 0.15) is 10.7 Å². The minimum absolute atomic E-state index is 0.118. The first-order valence-corrected chi connectivity index (χ1v) is 7.47. The van der Waals surface area contributed by atoms with Crippen molar-refractivity contribution in [3.05, 3.63) is 17.5 Å². The van der Waals surface area contributed by atoms with E-state index < -0.39 is 0 Å². The Morgan fingerprint density at radius 1 is 1.70 bits per heavy atom. The van der Waals surface area contributed by atoms with Gasteiger partial charge in [-0.05, 0) is 12.8 Å². The van der Waals surface area contributed by atoms with Gasteiger partial charge in [-0.25, -0.2) is 4.98 Å². The van der Waals surface area contributed by atoms with Crippen molar-refractivity contribution in [1.29, 1.82) is 0 Å². The topological polar surface area (TPSA) is 88.5 Å². The monoisotopic (exact) mass is 295 g/mol. The number of piperidine rings is 1. The largest absolute Gasteiger partial charge is 0.382 e. The molecule has 1 amide bonds. The van der Waals surface area contributed by atoms with Crippen LogP contribution >= 0.6 is 11.3 Å². The molecule has 1 saturated heterocycles. The Hall–Kier alpha value is -1.60. The summed E-state index contributed by atoms with van der Waals surface area (Å²) in [5.41, 5.74) is 11.9. The normalized spacial score (nSPS) is 18.9. The number of anilines is 2. The Kier molecular flexibility index (Phi) is 4.61. The zero-order chi connectivity index (χ0) is 14.7. The number of likely N-dealkylation sites (N-methyl/N-ethyl adjacent to an activating group) is 1. The molecule has 1 aliphatic heterocycles. The van der Waals surface area contributed by atoms with Crippen LogP contribution in [0.3, 0.4) is 0 Å². The van der Waals surface area contributed by atoms with Crippen molar-refractivity contribution in [3.63, 3.8) is 0 Å². The quantitative estimate of drug-likeness (QED) is 0.806. The molecule has 1 atom stereocenters. The molecule has 20 heavy (non-hydrogen) atoms. The van der Waals surface area contributed by atoms with Crippen molar-refractivity contribution >= 4 is 28.2 Å². The fourth-order valence-electron chi connectivity index (χ4n) is 2.24. The number of amides is 1. The third kappa shape index (κ3) is 3.10. The van der Waals surface area contributed by atoms with E-state index >= 15 is 0 Å². The van der Waals surface area contributed by atoms with E-state index in [1.54, 1.807) is 18.0 Å². The molecule has 0 aromatic carbocycles. The van der Waals surface area contributed by atoms with Crippen molar-refractivity contribution in [3.8, 4) is 0 Å². The van der Waals surface area contributed by atoms with Crippen LogP contribution in [0.2, 0.25) is 0 Å². The van der Waals surface area contributed by atoms with Gasteiger partial charge in [0.05, 0.1) is 0 Å². The molecule has 6 nitrogen and oxygen atoms in total. The highest BCUT2D eigenvalue weighted by Gasteiger charge is 2.24. The van der Waals surface area contributed by atoms with E-state index in [4.69, 9.17) is 11.5 Å². The van der Waals surface area contributed by atoms with Crippen LogP contribution in [0.4, 0.5) is 10.9 Å². The minimum Gasteiger partial charge on any atom is -0.382 e. The highest BCUT2D eigenvalue weighted by atomic mass is 32.1. The van der Waals surface area contributed by atoms with Gasteiger partial charge in [-0.3, -0.25) is 4.79 Å². The zero-order valence-corrected chi connectivity index (χ0v) is 12.5. The van der Waals surface area contributed by atoms with Gasteiger partial charge >= 0.3 is 0 Å². The molecular formula is C13H21N5OS. The molecule has 0 bridgehead atoms. The Morgan fingerprint density at radius 3 is 3.10 bits per heavy atom. The van der Waals surface area contributed by atoms with Crippen molar-refractivity contribution in [1.82, 2.24) is 9.88 Å². The average Bonchev–Trinajstić information content (AvgIpc) is 2.80. The van der Waals surface area contributed by atoms with Gasteiger partial charge in [0.2, 0.25) is 0 Å². The van der Waals surface area contributed by atoms with Crippen LogP contribution in [0.5, 0.6) is 0 Å². The zero-order valence-electron chi connectivity index (χ0n) is 11.7. The Morgan fingerprint density at radius 2 is 2.45 bits per heavy atom. The highest BCUT2D eigenvalue weighted by molar-refractivity contribution is 7.18. The minimum atomic E-state index is -0.118. The molecule has 2 heterocycles. The summed E-state index contributed by atoms with van der Waals surface area (Å²) in [4.78, 5) is 20.7. The summed E-state index contributed by atoms with van der Waals surface area (Å²) in [5.74, 6) is 0.178. The molecule has 1 aliphatic rings. The average molecular weight is 295 g/mol. The molecular weight excluding hydrogens is 274 g/mol. The summed E-state index contributed by atoms with van der Waals surface area (Å²) < 4.78 is 0. The number of nitrogens with zero attached hydrogens (tertiary/aromatic N) is 3. The van der Waals surface area contributed by atoms with Crippen molar-refractivity contribution in [2.45, 2.75) is 18.9 Å². The predicted octanol–water partition coefficient (Wildman–Crippen LogP) is 0.911. The molecule has 0 saturated carbocycles. The van der Waals surface area contributed by atoms with E-state index in [1.807, 2.05) is 0 Å². The number of hydrogen-bond acceptors (Lipinski definition) is 6. The van der Waals surface area contributed by atoms with E-state index in [0.717, 1.165) is 31.1 Å². The van der Waals surface area contributed by atoms with Crippen LogP contribution in [0.25, 0.3) is 0 Å². The lowest BCUT2D eigenvalue weighted by molar-refractivity contribution is 0.0815. The van der Waals surface area contributed by atoms with Gasteiger partial charge in [0, 0.05) is 32.7 Å². The van der Waals surface area contributed by atoms with E-state index in [-0.39, 0.29) is 11.9 Å². The third-order valence-corrected chi connectivity index (χ3v) is 4.43. The van der Waals surface area contributed by atoms with Crippen LogP contribution in [0, 0.1) is 0 Å². The SMILES string of the molecule is C=CCN(C)C(=O)c1sc(N2CCCC(N)C2)nc1N. The second kappa shape index (κ2) is 6.23. The maximum atomic E-state index is 12.2. The summed E-state index contributed by atoms with van der Waals surface area (Å²) in [6, 6.07) is 0.163. The van der Waals surface area contributed by atoms with Gasteiger partial charge in [0.15, 0.2) is 5.13 Å². The van der Waals surface area contributed by atoms with Crippen LogP contribution in [-0.2, 0) is 0 Å². The standard InChI is InChI=1S/C13H21N5OS/c1-3-6-17(2)12(19)10-11(15)16-13(20-10)18-7-4-5-9(14)8-18/h3,9H,1,4-8,14-15H2,2H3. The summed E-state index contributed by atoms with van der Waals surface area (Å²) >= 11 is 1.34. The van der Waals surface area contributed by atoms with E-state index in [2.05, 4.69) is 16.5 Å². The molecule has 0 aliphatic carbocycles. The molecule has 0 radical (unpaired) electrons. The first-order valence-electron chi connectivity index (χ1n) is 6.66. The van der Waals surface area contributed by atoms with Crippen LogP contribution in [-0.4, -0.2) is 48.5 Å². The molecule has 1 fully saturated rings. The molecule has 1 aromatic rings. The van der Waals surface area contributed by atoms with E-state index in [0.29, 0.717) is 17.2 Å². The maximum Gasteiger partial charge on any atom is 0.267 e. The fourth-order valence-corrected chi connectivity index (χ4v) is 3.26. The van der Waals surface area contributed by atoms with E-state index in [9.17, 15) is 4.79 Å². The van der Waals surface area contributed by atoms with Crippen LogP contribution in [0.15, 0.2) is 12.7 Å². The molecule has 4 N–H and O–H groups in total. The van der Waals surface area contributed by atoms with Gasteiger partial charge in [-0.2, -0.15) is 0 Å². The number of carbonyl (C=O) groups excluding carboxylic acids is 1. The number of nitrogen functional groups attached to an aromatic ring is 1. The molecule has 0 spiro atoms. The number of aromatic nitrogens is 1. The van der Waals surface area contributed by atoms with Crippen molar-refractivity contribution in [2.24, 2.45) is 5.73 Å². The van der Waals surface area contributed by atoms with Crippen molar-refractivity contribution < 1.29 is 4.79 Å². The van der Waals surface area contributed by atoms with Crippen LogP contribution in [0.1, 0.15) is 22.5 Å². The first-order chi connectivity index (χ1) is 9.52. The Labute approximate surface area is 123 Å². The second-order valence-corrected chi connectivity index (χ2v) is 6.01. The summed E-state index contributed by atoms with van der Waals surface area (Å²) in [7, 11) is 1.72. The Bertz CT molecular complexity index is 501. The van der Waals surface area contributed by atoms with E-state index in [1.165, 1.54) is 11.3 Å². The van der Waals surface area contributed by atoms with Crippen molar-refractivity contribution in [2.75, 3.05) is 37.3 Å². The summed E-state index contributed by atoms with van der Waals surface area (Å²) in [5, 5.41) is 0.785. The lowest BCUT2D eigenvalue weighted by atomic mass is 10.1. The van der Waals surface area contributed by atoms with Gasteiger partial charge < -0.3 is 21.3 Å².